The topological polar surface area (TPSA) is 74.8 Å². The zero-order chi connectivity index (χ0) is 16.5. The van der Waals surface area contributed by atoms with Crippen LogP contribution < -0.4 is 5.32 Å². The summed E-state index contributed by atoms with van der Waals surface area (Å²) < 4.78 is 33.0. The zero-order valence-corrected chi connectivity index (χ0v) is 14.4. The first-order chi connectivity index (χ1) is 10.9. The predicted molar refractivity (Wildman–Crippen MR) is 88.3 cm³/mol. The summed E-state index contributed by atoms with van der Waals surface area (Å²) in [6, 6.07) is 5.78. The van der Waals surface area contributed by atoms with Crippen LogP contribution in [0, 0.1) is 5.92 Å². The van der Waals surface area contributed by atoms with Gasteiger partial charge in [-0.1, -0.05) is 6.07 Å². The third kappa shape index (κ3) is 3.21. The van der Waals surface area contributed by atoms with E-state index in [4.69, 9.17) is 4.74 Å². The molecule has 0 amide bonds. The molecule has 0 saturated carbocycles. The molecule has 0 aromatic carbocycles. The number of aromatic nitrogens is 1. The quantitative estimate of drug-likeness (QED) is 0.828. The molecule has 2 saturated heterocycles. The number of ether oxygens (including phenoxy) is 1. The Kier molecular flexibility index (Phi) is 4.59. The Hall–Kier alpha value is -1.22. The van der Waals surface area contributed by atoms with Crippen LogP contribution in [-0.4, -0.2) is 67.9 Å². The van der Waals surface area contributed by atoms with E-state index >= 15 is 0 Å². The van der Waals surface area contributed by atoms with Crippen LogP contribution >= 0.6 is 0 Å². The van der Waals surface area contributed by atoms with Gasteiger partial charge in [0.15, 0.2) is 0 Å². The van der Waals surface area contributed by atoms with Gasteiger partial charge in [0.25, 0.3) is 10.2 Å². The van der Waals surface area contributed by atoms with E-state index in [0.717, 1.165) is 25.2 Å². The van der Waals surface area contributed by atoms with Crippen LogP contribution in [0.3, 0.4) is 0 Å². The Balaban J connectivity index is 1.53. The normalized spacial score (nSPS) is 24.0. The minimum absolute atomic E-state index is 0.297. The van der Waals surface area contributed by atoms with Crippen molar-refractivity contribution < 1.29 is 13.2 Å². The molecule has 0 unspecified atom stereocenters. The van der Waals surface area contributed by atoms with E-state index in [0.29, 0.717) is 25.6 Å². The standard InChI is InChI=1S/C15H24N4O3S/c1-18(2)23(20,21)19-11-15(12-19)13(7-10-22-15)6-9-17-14-5-3-4-8-16-14/h3-5,8,13H,6-7,9-12H2,1-2H3,(H,16,17)/t13-/m1/s1. The lowest BCUT2D eigenvalue weighted by Crippen LogP contribution is -2.67. The fourth-order valence-electron chi connectivity index (χ4n) is 3.33. The lowest BCUT2D eigenvalue weighted by atomic mass is 9.80. The summed E-state index contributed by atoms with van der Waals surface area (Å²) in [7, 11) is -0.210. The molecule has 1 aromatic rings. The van der Waals surface area contributed by atoms with Crippen LogP contribution in [0.1, 0.15) is 12.8 Å². The van der Waals surface area contributed by atoms with Crippen molar-refractivity contribution in [2.75, 3.05) is 45.7 Å². The first-order valence-corrected chi connectivity index (χ1v) is 9.30. The fourth-order valence-corrected chi connectivity index (χ4v) is 4.55. The Morgan fingerprint density at radius 3 is 2.87 bits per heavy atom. The highest BCUT2D eigenvalue weighted by Gasteiger charge is 2.56. The van der Waals surface area contributed by atoms with Gasteiger partial charge in [-0.2, -0.15) is 17.0 Å². The maximum atomic E-state index is 12.1. The molecule has 1 spiro atoms. The Morgan fingerprint density at radius 2 is 2.22 bits per heavy atom. The van der Waals surface area contributed by atoms with E-state index in [9.17, 15) is 8.42 Å². The van der Waals surface area contributed by atoms with Gasteiger partial charge in [0.1, 0.15) is 5.82 Å². The molecule has 1 aromatic heterocycles. The molecule has 8 heteroatoms. The molecule has 0 radical (unpaired) electrons. The van der Waals surface area contributed by atoms with Crippen molar-refractivity contribution in [3.63, 3.8) is 0 Å². The van der Waals surface area contributed by atoms with Crippen molar-refractivity contribution in [2.45, 2.75) is 18.4 Å². The van der Waals surface area contributed by atoms with Gasteiger partial charge in [-0.05, 0) is 30.9 Å². The lowest BCUT2D eigenvalue weighted by molar-refractivity contribution is -0.103. The van der Waals surface area contributed by atoms with Crippen molar-refractivity contribution in [1.82, 2.24) is 13.6 Å². The highest BCUT2D eigenvalue weighted by atomic mass is 32.2. The number of nitrogens with zero attached hydrogens (tertiary/aromatic N) is 3. The molecule has 7 nitrogen and oxygen atoms in total. The number of pyridine rings is 1. The highest BCUT2D eigenvalue weighted by molar-refractivity contribution is 7.86. The lowest BCUT2D eigenvalue weighted by Gasteiger charge is -2.49. The van der Waals surface area contributed by atoms with Gasteiger partial charge in [0.05, 0.1) is 5.60 Å². The number of anilines is 1. The molecule has 3 heterocycles. The summed E-state index contributed by atoms with van der Waals surface area (Å²) in [5, 5.41) is 3.31. The van der Waals surface area contributed by atoms with E-state index in [-0.39, 0.29) is 5.60 Å². The fraction of sp³-hybridized carbons (Fsp3) is 0.667. The SMILES string of the molecule is CN(C)S(=O)(=O)N1CC2(C1)OCC[C@H]2CCNc1ccccn1. The van der Waals surface area contributed by atoms with Gasteiger partial charge in [0, 0.05) is 46.5 Å². The molecule has 0 aliphatic carbocycles. The third-order valence-electron chi connectivity index (χ3n) is 4.74. The average Bonchev–Trinajstić information content (AvgIpc) is 2.90. The molecular formula is C15H24N4O3S. The van der Waals surface area contributed by atoms with E-state index in [2.05, 4.69) is 10.3 Å². The van der Waals surface area contributed by atoms with Crippen LogP contribution in [0.2, 0.25) is 0 Å². The summed E-state index contributed by atoms with van der Waals surface area (Å²) in [6.07, 6.45) is 3.70. The molecule has 1 atom stereocenters. The van der Waals surface area contributed by atoms with Crippen LogP contribution in [0.15, 0.2) is 24.4 Å². The second-order valence-electron chi connectivity index (χ2n) is 6.39. The van der Waals surface area contributed by atoms with Gasteiger partial charge >= 0.3 is 0 Å². The monoisotopic (exact) mass is 340 g/mol. The van der Waals surface area contributed by atoms with Gasteiger partial charge in [-0.3, -0.25) is 0 Å². The zero-order valence-electron chi connectivity index (χ0n) is 13.6. The van der Waals surface area contributed by atoms with Gasteiger partial charge in [0.2, 0.25) is 0 Å². The van der Waals surface area contributed by atoms with Crippen LogP contribution in [-0.2, 0) is 14.9 Å². The molecule has 0 bridgehead atoms. The van der Waals surface area contributed by atoms with E-state index in [1.807, 2.05) is 18.2 Å². The maximum Gasteiger partial charge on any atom is 0.281 e. The molecule has 2 fully saturated rings. The molecule has 3 rings (SSSR count). The molecular weight excluding hydrogens is 316 g/mol. The predicted octanol–water partition coefficient (Wildman–Crippen LogP) is 0.781. The summed E-state index contributed by atoms with van der Waals surface area (Å²) in [4.78, 5) is 4.24. The number of hydrogen-bond acceptors (Lipinski definition) is 5. The highest BCUT2D eigenvalue weighted by Crippen LogP contribution is 2.42. The third-order valence-corrected chi connectivity index (χ3v) is 6.57. The Labute approximate surface area is 137 Å². The van der Waals surface area contributed by atoms with Crippen LogP contribution in [0.25, 0.3) is 0 Å². The first kappa shape index (κ1) is 16.6. The largest absolute Gasteiger partial charge is 0.372 e. The maximum absolute atomic E-state index is 12.1. The van der Waals surface area contributed by atoms with Crippen molar-refractivity contribution in [3.8, 4) is 0 Å². The summed E-state index contributed by atoms with van der Waals surface area (Å²) in [5.74, 6) is 1.25. The summed E-state index contributed by atoms with van der Waals surface area (Å²) >= 11 is 0. The second kappa shape index (κ2) is 6.35. The average molecular weight is 340 g/mol. The van der Waals surface area contributed by atoms with Crippen LogP contribution in [0.4, 0.5) is 5.82 Å². The minimum atomic E-state index is -3.33. The molecule has 128 valence electrons. The van der Waals surface area contributed by atoms with Gasteiger partial charge in [-0.25, -0.2) is 4.98 Å². The Morgan fingerprint density at radius 1 is 1.43 bits per heavy atom. The van der Waals surface area contributed by atoms with Crippen molar-refractivity contribution in [2.24, 2.45) is 5.92 Å². The number of hydrogen-bond donors (Lipinski definition) is 1. The van der Waals surface area contributed by atoms with Gasteiger partial charge in [-0.15, -0.1) is 0 Å². The summed E-state index contributed by atoms with van der Waals surface area (Å²) in [5.41, 5.74) is -0.297. The number of nitrogens with one attached hydrogen (secondary N) is 1. The molecule has 23 heavy (non-hydrogen) atoms. The van der Waals surface area contributed by atoms with E-state index < -0.39 is 10.2 Å². The molecule has 2 aliphatic heterocycles. The van der Waals surface area contributed by atoms with Crippen molar-refractivity contribution in [1.29, 1.82) is 0 Å². The smallest absolute Gasteiger partial charge is 0.281 e. The first-order valence-electron chi connectivity index (χ1n) is 7.90. The minimum Gasteiger partial charge on any atom is -0.372 e. The van der Waals surface area contributed by atoms with E-state index in [1.165, 1.54) is 8.61 Å². The Bertz CT molecular complexity index is 629. The van der Waals surface area contributed by atoms with Gasteiger partial charge < -0.3 is 10.1 Å². The van der Waals surface area contributed by atoms with Crippen molar-refractivity contribution >= 4 is 16.0 Å². The molecule has 1 N–H and O–H groups in total. The van der Waals surface area contributed by atoms with Crippen molar-refractivity contribution in [3.05, 3.63) is 24.4 Å². The number of rotatable bonds is 6. The summed E-state index contributed by atoms with van der Waals surface area (Å²) in [6.45, 7) is 2.45. The van der Waals surface area contributed by atoms with Crippen LogP contribution in [0.5, 0.6) is 0 Å². The second-order valence-corrected chi connectivity index (χ2v) is 8.53. The molecule has 2 aliphatic rings. The van der Waals surface area contributed by atoms with E-state index in [1.54, 1.807) is 20.3 Å².